The minimum Gasteiger partial charge on any atom is -0.371 e. The summed E-state index contributed by atoms with van der Waals surface area (Å²) in [6.45, 7) is 0.702. The molecule has 5 aliphatic rings. The molecule has 6 aromatic rings. The van der Waals surface area contributed by atoms with Crippen LogP contribution in [-0.4, -0.2) is 75.5 Å². The van der Waals surface area contributed by atoms with Gasteiger partial charge in [0.25, 0.3) is 5.91 Å². The number of carbonyl (C=O) groups excluding carboxylic acids is 2. The molecule has 3 aromatic carbocycles. The number of aromatic nitrogens is 3. The molecule has 6 heterocycles. The zero-order valence-corrected chi connectivity index (χ0v) is 36.0. The topological polar surface area (TPSA) is 116 Å². The molecule has 322 valence electrons. The average molecular weight is 893 g/mol. The number of aryl methyl sites for hydroxylation is 1. The summed E-state index contributed by atoms with van der Waals surface area (Å²) in [7, 11) is 3.29. The van der Waals surface area contributed by atoms with Crippen LogP contribution in [0.4, 0.5) is 13.2 Å². The Morgan fingerprint density at radius 1 is 1.02 bits per heavy atom. The highest BCUT2D eigenvalue weighted by molar-refractivity contribution is 6.43. The summed E-state index contributed by atoms with van der Waals surface area (Å²) in [5.74, 6) is -2.21. The van der Waals surface area contributed by atoms with E-state index in [-0.39, 0.29) is 94.1 Å². The van der Waals surface area contributed by atoms with Crippen molar-refractivity contribution in [2.24, 2.45) is 11.8 Å². The zero-order chi connectivity index (χ0) is 43.8. The van der Waals surface area contributed by atoms with E-state index in [0.717, 1.165) is 31.5 Å². The van der Waals surface area contributed by atoms with Crippen molar-refractivity contribution in [2.45, 2.75) is 69.4 Å². The Bertz CT molecular complexity index is 2860. The fraction of sp³-hybridized carbons (Fsp3) is 0.354. The number of fused-ring (bicyclic) bond motifs is 4. The maximum absolute atomic E-state index is 17.9. The number of ether oxygens (including phenoxy) is 1. The first-order valence-electron chi connectivity index (χ1n) is 21.2. The molecule has 11 rings (SSSR count). The van der Waals surface area contributed by atoms with Crippen LogP contribution in [0.1, 0.15) is 71.5 Å². The van der Waals surface area contributed by atoms with Gasteiger partial charge in [0, 0.05) is 96.9 Å². The Morgan fingerprint density at radius 2 is 1.79 bits per heavy atom. The second kappa shape index (κ2) is 16.2. The molecule has 2 bridgehead atoms. The molecule has 15 heteroatoms. The van der Waals surface area contributed by atoms with E-state index >= 15 is 4.39 Å². The van der Waals surface area contributed by atoms with Gasteiger partial charge in [-0.3, -0.25) is 14.6 Å². The van der Waals surface area contributed by atoms with Crippen LogP contribution in [-0.2, 0) is 22.6 Å². The van der Waals surface area contributed by atoms with Gasteiger partial charge in [0.15, 0.2) is 5.82 Å². The van der Waals surface area contributed by atoms with Crippen molar-refractivity contribution in [2.75, 3.05) is 27.2 Å². The van der Waals surface area contributed by atoms with Crippen LogP contribution in [0.2, 0.25) is 10.0 Å². The number of hydrogen-bond acceptors (Lipinski definition) is 7. The molecule has 0 unspecified atom stereocenters. The van der Waals surface area contributed by atoms with E-state index in [1.54, 1.807) is 50.6 Å². The predicted octanol–water partition coefficient (Wildman–Crippen LogP) is 9.60. The van der Waals surface area contributed by atoms with Crippen molar-refractivity contribution in [3.8, 4) is 28.5 Å². The molecule has 0 radical (unpaired) electrons. The molecule has 2 aliphatic carbocycles. The first-order chi connectivity index (χ1) is 30.4. The highest BCUT2D eigenvalue weighted by atomic mass is 35.5. The van der Waals surface area contributed by atoms with Gasteiger partial charge in [-0.25, -0.2) is 18.2 Å². The summed E-state index contributed by atoms with van der Waals surface area (Å²) >= 11 is 13.3. The van der Waals surface area contributed by atoms with Crippen molar-refractivity contribution < 1.29 is 27.5 Å². The highest BCUT2D eigenvalue weighted by Crippen LogP contribution is 2.52. The third-order valence-corrected chi connectivity index (χ3v) is 14.1. The molecule has 1 N–H and O–H groups in total. The van der Waals surface area contributed by atoms with Crippen molar-refractivity contribution in [3.05, 3.63) is 117 Å². The number of carbonyl (C=O) groups is 2. The number of rotatable bonds is 11. The SMILES string of the molecule is CN(C)C(=O)c1ccc(-c2nc3c(F)c(-c4cccc(Cl)c4Cl)c(CCC#N)cc3c3c2cc([C@H]2C[C@H](OCc4c(F)cccc4F)CN2C(=O)C2CC2)n3[C@H]2[C@H]3CN[C@@H]2C3)cn1. The lowest BCUT2D eigenvalue weighted by atomic mass is 9.79. The third kappa shape index (κ3) is 7.12. The molecule has 5 atom stereocenters. The zero-order valence-electron chi connectivity index (χ0n) is 34.5. The molecule has 2 amide bonds. The van der Waals surface area contributed by atoms with Gasteiger partial charge in [-0.2, -0.15) is 5.26 Å². The Balaban J connectivity index is 1.22. The fourth-order valence-electron chi connectivity index (χ4n) is 9.94. The number of likely N-dealkylation sites (tertiary alicyclic amines) is 1. The van der Waals surface area contributed by atoms with Crippen molar-refractivity contribution >= 4 is 56.8 Å². The number of nitriles is 1. The first-order valence-corrected chi connectivity index (χ1v) is 22.0. The standard InChI is InChI=1S/C48H42Cl2F3N7O3/c1-58(2)48(62)36-14-13-26(20-55-36)43-31-19-39(38-18-28(22-59(38)47(61)24-11-12-24)63-23-32-34(51)9-4-10-35(32)52)60(45-27-17-37(45)56-21-27)46(31)30-16-25(6-5-15-54)40(42(53)44(30)57-43)29-7-3-8-33(49)41(29)50/h3-4,7-10,13-14,16,19-20,24,27-28,37-38,45,56H,5-6,11-12,17-18,21-23H2,1-2H3/t27-,28+,37-,38-,45+/m1/s1. The van der Waals surface area contributed by atoms with E-state index in [1.165, 1.54) is 23.1 Å². The molecule has 3 aliphatic heterocycles. The number of nitrogens with one attached hydrogen (secondary N) is 1. The molecule has 0 spiro atoms. The number of benzene rings is 3. The molecule has 63 heavy (non-hydrogen) atoms. The second-order valence-corrected chi connectivity index (χ2v) is 18.1. The van der Waals surface area contributed by atoms with Crippen LogP contribution < -0.4 is 5.32 Å². The summed E-state index contributed by atoms with van der Waals surface area (Å²) in [4.78, 5) is 40.1. The van der Waals surface area contributed by atoms with Gasteiger partial charge in [-0.05, 0) is 79.6 Å². The number of pyridine rings is 2. The minimum absolute atomic E-state index is 0.00360. The lowest BCUT2D eigenvalue weighted by molar-refractivity contribution is -0.134. The van der Waals surface area contributed by atoms with Gasteiger partial charge < -0.3 is 24.4 Å². The Labute approximate surface area is 371 Å². The molecular weight excluding hydrogens is 850 g/mol. The lowest BCUT2D eigenvalue weighted by Crippen LogP contribution is -2.41. The molecule has 10 nitrogen and oxygen atoms in total. The Kier molecular flexibility index (Phi) is 10.7. The third-order valence-electron chi connectivity index (χ3n) is 13.2. The number of halogens is 5. The molecule has 3 aromatic heterocycles. The molecule has 5 fully saturated rings. The normalized spacial score (nSPS) is 21.6. The van der Waals surface area contributed by atoms with Crippen molar-refractivity contribution in [1.82, 2.24) is 29.7 Å². The van der Waals surface area contributed by atoms with Gasteiger partial charge in [-0.15, -0.1) is 0 Å². The van der Waals surface area contributed by atoms with Crippen LogP contribution in [0, 0.1) is 40.6 Å². The number of hydrogen-bond donors (Lipinski definition) is 1. The average Bonchev–Trinajstić information content (AvgIpc) is 3.54. The smallest absolute Gasteiger partial charge is 0.271 e. The number of nitrogens with zero attached hydrogens (tertiary/aromatic N) is 6. The first kappa shape index (κ1) is 41.5. The maximum atomic E-state index is 17.9. The van der Waals surface area contributed by atoms with Gasteiger partial charge in [0.05, 0.1) is 52.1 Å². The predicted molar refractivity (Wildman–Crippen MR) is 234 cm³/mol. The van der Waals surface area contributed by atoms with E-state index in [9.17, 15) is 23.6 Å². The summed E-state index contributed by atoms with van der Waals surface area (Å²) in [5, 5.41) is 15.1. The van der Waals surface area contributed by atoms with Gasteiger partial charge in [0.1, 0.15) is 22.8 Å². The van der Waals surface area contributed by atoms with Gasteiger partial charge in [0.2, 0.25) is 5.91 Å². The van der Waals surface area contributed by atoms with Crippen LogP contribution in [0.25, 0.3) is 44.2 Å². The van der Waals surface area contributed by atoms with Crippen LogP contribution in [0.5, 0.6) is 0 Å². The van der Waals surface area contributed by atoms with Crippen molar-refractivity contribution in [3.63, 3.8) is 0 Å². The summed E-state index contributed by atoms with van der Waals surface area (Å²) in [5.41, 5.74) is 3.71. The highest BCUT2D eigenvalue weighted by Gasteiger charge is 2.51. The summed E-state index contributed by atoms with van der Waals surface area (Å²) in [6, 6.07) is 17.8. The Hall–Kier alpha value is -5.52. The number of amides is 2. The van der Waals surface area contributed by atoms with Gasteiger partial charge in [-0.1, -0.05) is 41.4 Å². The van der Waals surface area contributed by atoms with E-state index in [1.807, 2.05) is 17.0 Å². The molecule has 2 saturated carbocycles. The lowest BCUT2D eigenvalue weighted by Gasteiger charge is -2.39. The monoisotopic (exact) mass is 891 g/mol. The largest absolute Gasteiger partial charge is 0.371 e. The quantitative estimate of drug-likeness (QED) is 0.138. The van der Waals surface area contributed by atoms with Crippen LogP contribution in [0.15, 0.2) is 66.9 Å². The minimum atomic E-state index is -0.703. The maximum Gasteiger partial charge on any atom is 0.271 e. The second-order valence-electron chi connectivity index (χ2n) is 17.3. The van der Waals surface area contributed by atoms with Crippen LogP contribution >= 0.6 is 23.2 Å². The van der Waals surface area contributed by atoms with Gasteiger partial charge >= 0.3 is 0 Å². The van der Waals surface area contributed by atoms with Crippen molar-refractivity contribution in [1.29, 1.82) is 5.26 Å². The summed E-state index contributed by atoms with van der Waals surface area (Å²) in [6.07, 6.45) is 4.19. The van der Waals surface area contributed by atoms with E-state index in [0.29, 0.717) is 45.1 Å². The van der Waals surface area contributed by atoms with Crippen LogP contribution in [0.3, 0.4) is 0 Å². The fourth-order valence-corrected chi connectivity index (χ4v) is 10.3. The Morgan fingerprint density at radius 3 is 2.46 bits per heavy atom. The van der Waals surface area contributed by atoms with E-state index in [4.69, 9.17) is 32.9 Å². The molecular formula is C48H42Cl2F3N7O3. The van der Waals surface area contributed by atoms with E-state index in [2.05, 4.69) is 20.9 Å². The van der Waals surface area contributed by atoms with E-state index < -0.39 is 29.6 Å². The molecule has 3 saturated heterocycles. The summed E-state index contributed by atoms with van der Waals surface area (Å²) < 4.78 is 56.0.